The first-order chi connectivity index (χ1) is 9.62. The Kier molecular flexibility index (Phi) is 5.53. The fourth-order valence-electron chi connectivity index (χ4n) is 1.80. The van der Waals surface area contributed by atoms with Crippen molar-refractivity contribution < 1.29 is 4.74 Å². The Labute approximate surface area is 133 Å². The number of ether oxygens (including phenoxy) is 1. The first-order valence-electron chi connectivity index (χ1n) is 6.31. The third-order valence-electron chi connectivity index (χ3n) is 2.69. The second kappa shape index (κ2) is 7.16. The lowest BCUT2D eigenvalue weighted by molar-refractivity contribution is 0.460. The molecule has 106 valence electrons. The fraction of sp³-hybridized carbons (Fsp3) is 0.267. The van der Waals surface area contributed by atoms with Gasteiger partial charge in [0.2, 0.25) is 5.88 Å². The molecule has 0 spiro atoms. The molecule has 0 amide bonds. The second-order valence-electron chi connectivity index (χ2n) is 4.37. The van der Waals surface area contributed by atoms with E-state index in [0.717, 1.165) is 24.1 Å². The summed E-state index contributed by atoms with van der Waals surface area (Å²) in [5, 5.41) is 0.944. The molecule has 0 aliphatic heterocycles. The highest BCUT2D eigenvalue weighted by atomic mass is 35.5. The van der Waals surface area contributed by atoms with Crippen LogP contribution in [0.3, 0.4) is 0 Å². The van der Waals surface area contributed by atoms with Gasteiger partial charge in [0, 0.05) is 23.7 Å². The van der Waals surface area contributed by atoms with Crippen LogP contribution in [0.2, 0.25) is 10.0 Å². The standard InChI is InChI=1S/C15H14Cl3NO/c1-2-3-11-6-10(9-16)7-15(19-11)20-12-4-5-13(17)14(18)8-12/h4-8H,2-3,9H2,1H3. The van der Waals surface area contributed by atoms with Crippen molar-refractivity contribution in [2.45, 2.75) is 25.6 Å². The van der Waals surface area contributed by atoms with Gasteiger partial charge in [0.15, 0.2) is 0 Å². The van der Waals surface area contributed by atoms with E-state index >= 15 is 0 Å². The fourth-order valence-corrected chi connectivity index (χ4v) is 2.24. The van der Waals surface area contributed by atoms with Crippen molar-refractivity contribution in [1.82, 2.24) is 4.98 Å². The molecule has 1 aromatic carbocycles. The highest BCUT2D eigenvalue weighted by Crippen LogP contribution is 2.29. The van der Waals surface area contributed by atoms with Crippen LogP contribution in [0, 0.1) is 0 Å². The van der Waals surface area contributed by atoms with E-state index in [1.807, 2.05) is 12.1 Å². The van der Waals surface area contributed by atoms with Crippen molar-refractivity contribution in [1.29, 1.82) is 0 Å². The first kappa shape index (κ1) is 15.4. The molecule has 1 heterocycles. The summed E-state index contributed by atoms with van der Waals surface area (Å²) in [5.41, 5.74) is 1.96. The van der Waals surface area contributed by atoms with Crippen molar-refractivity contribution in [2.75, 3.05) is 0 Å². The van der Waals surface area contributed by atoms with Crippen LogP contribution in [0.15, 0.2) is 30.3 Å². The van der Waals surface area contributed by atoms with Gasteiger partial charge in [-0.05, 0) is 30.2 Å². The first-order valence-corrected chi connectivity index (χ1v) is 7.60. The molecule has 0 saturated heterocycles. The van der Waals surface area contributed by atoms with E-state index in [9.17, 15) is 0 Å². The molecule has 0 saturated carbocycles. The number of hydrogen-bond acceptors (Lipinski definition) is 2. The van der Waals surface area contributed by atoms with E-state index in [1.54, 1.807) is 18.2 Å². The number of benzene rings is 1. The predicted octanol–water partition coefficient (Wildman–Crippen LogP) is 5.87. The maximum atomic E-state index is 5.97. The monoisotopic (exact) mass is 329 g/mol. The number of pyridine rings is 1. The van der Waals surface area contributed by atoms with Crippen molar-refractivity contribution in [2.24, 2.45) is 0 Å². The summed E-state index contributed by atoms with van der Waals surface area (Å²) in [6.45, 7) is 2.11. The highest BCUT2D eigenvalue weighted by Gasteiger charge is 2.06. The largest absolute Gasteiger partial charge is 0.439 e. The Morgan fingerprint density at radius 1 is 1.10 bits per heavy atom. The summed E-state index contributed by atoms with van der Waals surface area (Å²) in [4.78, 5) is 4.46. The van der Waals surface area contributed by atoms with E-state index in [4.69, 9.17) is 39.5 Å². The molecule has 1 aromatic heterocycles. The molecule has 0 unspecified atom stereocenters. The molecule has 0 atom stereocenters. The van der Waals surface area contributed by atoms with Gasteiger partial charge in [-0.3, -0.25) is 0 Å². The number of nitrogens with zero attached hydrogens (tertiary/aromatic N) is 1. The zero-order valence-electron chi connectivity index (χ0n) is 11.0. The van der Waals surface area contributed by atoms with E-state index in [0.29, 0.717) is 27.6 Å². The number of alkyl halides is 1. The number of aromatic nitrogens is 1. The van der Waals surface area contributed by atoms with Gasteiger partial charge in [-0.2, -0.15) is 0 Å². The minimum Gasteiger partial charge on any atom is -0.439 e. The summed E-state index contributed by atoms with van der Waals surface area (Å²) in [7, 11) is 0. The lowest BCUT2D eigenvalue weighted by Gasteiger charge is -2.09. The average Bonchev–Trinajstić information content (AvgIpc) is 2.43. The summed E-state index contributed by atoms with van der Waals surface area (Å²) in [6, 6.07) is 8.94. The van der Waals surface area contributed by atoms with Crippen LogP contribution in [-0.4, -0.2) is 4.98 Å². The van der Waals surface area contributed by atoms with Gasteiger partial charge in [-0.1, -0.05) is 36.5 Å². The summed E-state index contributed by atoms with van der Waals surface area (Å²) in [5.74, 6) is 1.54. The molecule has 0 bridgehead atoms. The van der Waals surface area contributed by atoms with Gasteiger partial charge in [0.25, 0.3) is 0 Å². The zero-order chi connectivity index (χ0) is 14.5. The minimum absolute atomic E-state index is 0.428. The van der Waals surface area contributed by atoms with Gasteiger partial charge in [-0.15, -0.1) is 11.6 Å². The van der Waals surface area contributed by atoms with Crippen molar-refractivity contribution in [3.63, 3.8) is 0 Å². The molecule has 0 radical (unpaired) electrons. The summed E-state index contributed by atoms with van der Waals surface area (Å²) < 4.78 is 5.73. The molecule has 0 fully saturated rings. The van der Waals surface area contributed by atoms with Crippen molar-refractivity contribution in [3.8, 4) is 11.6 Å². The zero-order valence-corrected chi connectivity index (χ0v) is 13.3. The van der Waals surface area contributed by atoms with E-state index in [-0.39, 0.29) is 0 Å². The molecule has 0 aliphatic carbocycles. The van der Waals surface area contributed by atoms with Crippen LogP contribution >= 0.6 is 34.8 Å². The van der Waals surface area contributed by atoms with Crippen LogP contribution in [0.5, 0.6) is 11.6 Å². The Hall–Kier alpha value is -0.960. The molecule has 2 rings (SSSR count). The Morgan fingerprint density at radius 2 is 1.90 bits per heavy atom. The lowest BCUT2D eigenvalue weighted by atomic mass is 10.2. The van der Waals surface area contributed by atoms with E-state index < -0.39 is 0 Å². The minimum atomic E-state index is 0.428. The van der Waals surface area contributed by atoms with Gasteiger partial charge >= 0.3 is 0 Å². The van der Waals surface area contributed by atoms with Crippen LogP contribution in [0.4, 0.5) is 0 Å². The second-order valence-corrected chi connectivity index (χ2v) is 5.45. The van der Waals surface area contributed by atoms with Crippen LogP contribution in [0.25, 0.3) is 0 Å². The predicted molar refractivity (Wildman–Crippen MR) is 84.3 cm³/mol. The van der Waals surface area contributed by atoms with Gasteiger partial charge in [0.05, 0.1) is 10.0 Å². The third kappa shape index (κ3) is 4.02. The summed E-state index contributed by atoms with van der Waals surface area (Å²) in [6.07, 6.45) is 1.91. The molecule has 20 heavy (non-hydrogen) atoms. The maximum Gasteiger partial charge on any atom is 0.219 e. The lowest BCUT2D eigenvalue weighted by Crippen LogP contribution is -1.96. The average molecular weight is 331 g/mol. The molecule has 5 heteroatoms. The van der Waals surface area contributed by atoms with Crippen molar-refractivity contribution >= 4 is 34.8 Å². The highest BCUT2D eigenvalue weighted by molar-refractivity contribution is 6.42. The van der Waals surface area contributed by atoms with Crippen molar-refractivity contribution in [3.05, 3.63) is 51.6 Å². The number of rotatable bonds is 5. The maximum absolute atomic E-state index is 5.97. The van der Waals surface area contributed by atoms with Crippen LogP contribution < -0.4 is 4.74 Å². The topological polar surface area (TPSA) is 22.1 Å². The molecule has 2 nitrogen and oxygen atoms in total. The smallest absolute Gasteiger partial charge is 0.219 e. The van der Waals surface area contributed by atoms with E-state index in [2.05, 4.69) is 11.9 Å². The van der Waals surface area contributed by atoms with Gasteiger partial charge in [-0.25, -0.2) is 4.98 Å². The normalized spacial score (nSPS) is 10.6. The molecule has 2 aromatic rings. The van der Waals surface area contributed by atoms with Gasteiger partial charge in [0.1, 0.15) is 5.75 Å². The summed E-state index contributed by atoms with van der Waals surface area (Å²) >= 11 is 17.7. The third-order valence-corrected chi connectivity index (χ3v) is 3.74. The molecule has 0 aliphatic rings. The number of halogens is 3. The quantitative estimate of drug-likeness (QED) is 0.639. The molecular weight excluding hydrogens is 317 g/mol. The SMILES string of the molecule is CCCc1cc(CCl)cc(Oc2ccc(Cl)c(Cl)c2)n1. The Balaban J connectivity index is 2.27. The molecular formula is C15H14Cl3NO. The van der Waals surface area contributed by atoms with Gasteiger partial charge < -0.3 is 4.74 Å². The Bertz CT molecular complexity index is 602. The number of aryl methyl sites for hydroxylation is 1. The molecule has 0 N–H and O–H groups in total. The van der Waals surface area contributed by atoms with Crippen LogP contribution in [0.1, 0.15) is 24.6 Å². The van der Waals surface area contributed by atoms with E-state index in [1.165, 1.54) is 0 Å². The number of hydrogen-bond donors (Lipinski definition) is 0. The Morgan fingerprint density at radius 3 is 2.55 bits per heavy atom. The van der Waals surface area contributed by atoms with Crippen LogP contribution in [-0.2, 0) is 12.3 Å².